The molecule has 0 saturated heterocycles. The Hall–Kier alpha value is -3.16. The Kier molecular flexibility index (Phi) is 5.89. The molecule has 1 aromatic carbocycles. The van der Waals surface area contributed by atoms with Crippen LogP contribution in [0.4, 0.5) is 0 Å². The summed E-state index contributed by atoms with van der Waals surface area (Å²) in [5, 5.41) is 0. The van der Waals surface area contributed by atoms with Crippen molar-refractivity contribution in [3.8, 4) is 0 Å². The highest BCUT2D eigenvalue weighted by Gasteiger charge is 2.13. The third kappa shape index (κ3) is 4.90. The van der Waals surface area contributed by atoms with Gasteiger partial charge in [0.1, 0.15) is 6.54 Å². The van der Waals surface area contributed by atoms with Crippen molar-refractivity contribution < 1.29 is 14.3 Å². The standard InChI is InChI=1S/C17H19N3O5/c1-18(2)15(22)12-25-16(23)11-20-14(21)8-9-19(17(20)24)10-13-6-4-3-5-7-13/h3-9H,10-12H2,1-2H3. The quantitative estimate of drug-likeness (QED) is 0.670. The topological polar surface area (TPSA) is 90.6 Å². The van der Waals surface area contributed by atoms with Crippen LogP contribution in [-0.2, 0) is 27.4 Å². The van der Waals surface area contributed by atoms with E-state index in [2.05, 4.69) is 0 Å². The highest BCUT2D eigenvalue weighted by Crippen LogP contribution is 1.99. The number of rotatable bonds is 6. The van der Waals surface area contributed by atoms with E-state index in [1.165, 1.54) is 35.8 Å². The first-order chi connectivity index (χ1) is 11.9. The minimum absolute atomic E-state index is 0.272. The highest BCUT2D eigenvalue weighted by atomic mass is 16.5. The van der Waals surface area contributed by atoms with Crippen molar-refractivity contribution in [1.29, 1.82) is 0 Å². The van der Waals surface area contributed by atoms with E-state index in [1.54, 1.807) is 0 Å². The second-order valence-electron chi connectivity index (χ2n) is 5.59. The summed E-state index contributed by atoms with van der Waals surface area (Å²) in [7, 11) is 3.06. The minimum Gasteiger partial charge on any atom is -0.454 e. The van der Waals surface area contributed by atoms with Crippen LogP contribution in [0.2, 0.25) is 0 Å². The fraction of sp³-hybridized carbons (Fsp3) is 0.294. The molecule has 1 heterocycles. The third-order valence-corrected chi connectivity index (χ3v) is 3.48. The van der Waals surface area contributed by atoms with Gasteiger partial charge in [0.05, 0.1) is 6.54 Å². The lowest BCUT2D eigenvalue weighted by Gasteiger charge is -2.12. The number of carbonyl (C=O) groups is 2. The first kappa shape index (κ1) is 18.2. The van der Waals surface area contributed by atoms with Crippen molar-refractivity contribution in [2.75, 3.05) is 20.7 Å². The summed E-state index contributed by atoms with van der Waals surface area (Å²) >= 11 is 0. The molecule has 0 radical (unpaired) electrons. The van der Waals surface area contributed by atoms with E-state index < -0.39 is 36.3 Å². The van der Waals surface area contributed by atoms with Crippen LogP contribution in [0, 0.1) is 0 Å². The second kappa shape index (κ2) is 8.09. The fourth-order valence-electron chi connectivity index (χ4n) is 2.05. The lowest BCUT2D eigenvalue weighted by atomic mass is 10.2. The summed E-state index contributed by atoms with van der Waals surface area (Å²) in [5.41, 5.74) is -0.341. The van der Waals surface area contributed by atoms with E-state index in [0.29, 0.717) is 0 Å². The number of esters is 1. The van der Waals surface area contributed by atoms with Crippen LogP contribution >= 0.6 is 0 Å². The molecule has 0 atom stereocenters. The summed E-state index contributed by atoms with van der Waals surface area (Å²) in [5.74, 6) is -1.22. The van der Waals surface area contributed by atoms with Crippen molar-refractivity contribution in [2.45, 2.75) is 13.1 Å². The van der Waals surface area contributed by atoms with Crippen molar-refractivity contribution in [3.63, 3.8) is 0 Å². The SMILES string of the molecule is CN(C)C(=O)COC(=O)Cn1c(=O)ccn(Cc2ccccc2)c1=O. The van der Waals surface area contributed by atoms with Crippen LogP contribution < -0.4 is 11.2 Å². The number of hydrogen-bond acceptors (Lipinski definition) is 5. The first-order valence-electron chi connectivity index (χ1n) is 7.58. The van der Waals surface area contributed by atoms with E-state index in [1.807, 2.05) is 30.3 Å². The molecule has 8 heteroatoms. The van der Waals surface area contributed by atoms with E-state index in [0.717, 1.165) is 10.1 Å². The zero-order chi connectivity index (χ0) is 18.4. The summed E-state index contributed by atoms with van der Waals surface area (Å²) in [6.07, 6.45) is 1.38. The molecule has 2 aromatic rings. The van der Waals surface area contributed by atoms with Gasteiger partial charge < -0.3 is 9.64 Å². The van der Waals surface area contributed by atoms with E-state index in [4.69, 9.17) is 4.74 Å². The maximum atomic E-state index is 12.4. The van der Waals surface area contributed by atoms with Gasteiger partial charge in [-0.2, -0.15) is 0 Å². The molecule has 0 spiro atoms. The summed E-state index contributed by atoms with van der Waals surface area (Å²) in [6.45, 7) is -0.715. The smallest absolute Gasteiger partial charge is 0.331 e. The molecule has 0 aliphatic heterocycles. The third-order valence-electron chi connectivity index (χ3n) is 3.48. The van der Waals surface area contributed by atoms with Crippen molar-refractivity contribution in [1.82, 2.24) is 14.0 Å². The zero-order valence-electron chi connectivity index (χ0n) is 14.0. The van der Waals surface area contributed by atoms with Gasteiger partial charge in [0.15, 0.2) is 6.61 Å². The molecule has 0 aliphatic carbocycles. The van der Waals surface area contributed by atoms with Gasteiger partial charge in [-0.15, -0.1) is 0 Å². The van der Waals surface area contributed by atoms with Crippen LogP contribution in [0.1, 0.15) is 5.56 Å². The molecule has 1 amide bonds. The Bertz CT molecular complexity index is 868. The monoisotopic (exact) mass is 345 g/mol. The Labute approximate surface area is 143 Å². The predicted molar refractivity (Wildman–Crippen MR) is 90.2 cm³/mol. The van der Waals surface area contributed by atoms with Gasteiger partial charge in [-0.1, -0.05) is 30.3 Å². The van der Waals surface area contributed by atoms with Gasteiger partial charge in [0.2, 0.25) is 0 Å². The maximum Gasteiger partial charge on any atom is 0.331 e. The molecule has 25 heavy (non-hydrogen) atoms. The molecule has 0 aliphatic rings. The van der Waals surface area contributed by atoms with Crippen molar-refractivity contribution in [2.24, 2.45) is 0 Å². The number of ether oxygens (including phenoxy) is 1. The normalized spacial score (nSPS) is 10.3. The Morgan fingerprint density at radius 1 is 1.08 bits per heavy atom. The van der Waals surface area contributed by atoms with Gasteiger partial charge in [0.25, 0.3) is 11.5 Å². The Morgan fingerprint density at radius 2 is 1.76 bits per heavy atom. The molecule has 1 aromatic heterocycles. The largest absolute Gasteiger partial charge is 0.454 e. The van der Waals surface area contributed by atoms with Crippen LogP contribution in [0.25, 0.3) is 0 Å². The first-order valence-corrected chi connectivity index (χ1v) is 7.58. The number of nitrogens with zero attached hydrogens (tertiary/aromatic N) is 3. The number of benzene rings is 1. The number of amides is 1. The van der Waals surface area contributed by atoms with E-state index in [-0.39, 0.29) is 6.54 Å². The van der Waals surface area contributed by atoms with Crippen LogP contribution in [0.3, 0.4) is 0 Å². The molecule has 0 unspecified atom stereocenters. The minimum atomic E-state index is -0.827. The van der Waals surface area contributed by atoms with Crippen molar-refractivity contribution in [3.05, 3.63) is 69.0 Å². The maximum absolute atomic E-state index is 12.4. The number of aromatic nitrogens is 2. The van der Waals surface area contributed by atoms with Crippen LogP contribution in [0.5, 0.6) is 0 Å². The lowest BCUT2D eigenvalue weighted by molar-refractivity contribution is -0.151. The van der Waals surface area contributed by atoms with E-state index in [9.17, 15) is 19.2 Å². The molecule has 8 nitrogen and oxygen atoms in total. The molecule has 0 saturated carbocycles. The highest BCUT2D eigenvalue weighted by molar-refractivity contribution is 5.80. The zero-order valence-corrected chi connectivity index (χ0v) is 14.0. The summed E-state index contributed by atoms with van der Waals surface area (Å²) in [6, 6.07) is 10.5. The van der Waals surface area contributed by atoms with Gasteiger partial charge in [-0.3, -0.25) is 19.0 Å². The van der Waals surface area contributed by atoms with E-state index >= 15 is 0 Å². The molecular formula is C17H19N3O5. The Balaban J connectivity index is 2.14. The Morgan fingerprint density at radius 3 is 2.40 bits per heavy atom. The van der Waals surface area contributed by atoms with Gasteiger partial charge in [-0.25, -0.2) is 9.36 Å². The lowest BCUT2D eigenvalue weighted by Crippen LogP contribution is -2.41. The van der Waals surface area contributed by atoms with Crippen molar-refractivity contribution >= 4 is 11.9 Å². The average molecular weight is 345 g/mol. The molecular weight excluding hydrogens is 326 g/mol. The number of carbonyl (C=O) groups excluding carboxylic acids is 2. The summed E-state index contributed by atoms with van der Waals surface area (Å²) in [4.78, 5) is 48.8. The molecule has 132 valence electrons. The van der Waals surface area contributed by atoms with Gasteiger partial charge in [-0.05, 0) is 5.56 Å². The molecule has 0 fully saturated rings. The molecule has 2 rings (SSSR count). The van der Waals surface area contributed by atoms with Gasteiger partial charge >= 0.3 is 11.7 Å². The second-order valence-corrected chi connectivity index (χ2v) is 5.59. The number of hydrogen-bond donors (Lipinski definition) is 0. The molecule has 0 bridgehead atoms. The average Bonchev–Trinajstić information content (AvgIpc) is 2.59. The number of likely N-dealkylation sites (N-methyl/N-ethyl adjacent to an activating group) is 1. The van der Waals surface area contributed by atoms with Crippen LogP contribution in [0.15, 0.2) is 52.2 Å². The predicted octanol–water partition coefficient (Wildman–Crippen LogP) is -0.310. The fourth-order valence-corrected chi connectivity index (χ4v) is 2.05. The summed E-state index contributed by atoms with van der Waals surface area (Å²) < 4.78 is 6.91. The van der Waals surface area contributed by atoms with Gasteiger partial charge in [0, 0.05) is 26.4 Å². The molecule has 0 N–H and O–H groups in total. The van der Waals surface area contributed by atoms with Crippen LogP contribution in [-0.4, -0.2) is 46.6 Å².